The minimum Gasteiger partial charge on any atom is -0.309 e. The fourth-order valence-corrected chi connectivity index (χ4v) is 4.52. The number of halogens is 2. The summed E-state index contributed by atoms with van der Waals surface area (Å²) in [7, 11) is 0. The van der Waals surface area contributed by atoms with E-state index in [0.29, 0.717) is 5.92 Å². The van der Waals surface area contributed by atoms with Gasteiger partial charge in [0.05, 0.1) is 9.72 Å². The first kappa shape index (κ1) is 12.5. The molecule has 2 aliphatic carbocycles. The molecule has 4 rings (SSSR count). The molecule has 0 unspecified atom stereocenters. The Hall–Kier alpha value is -0.280. The summed E-state index contributed by atoms with van der Waals surface area (Å²) >= 11 is 14.6. The van der Waals surface area contributed by atoms with Crippen molar-refractivity contribution >= 4 is 44.6 Å². The third kappa shape index (κ3) is 2.29. The van der Waals surface area contributed by atoms with Crippen LogP contribution in [0.25, 0.3) is 10.1 Å². The molecule has 0 aliphatic heterocycles. The number of hydrogen-bond donors (Lipinski definition) is 1. The molecule has 0 bridgehead atoms. The topological polar surface area (TPSA) is 12.0 Å². The van der Waals surface area contributed by atoms with Crippen molar-refractivity contribution in [1.29, 1.82) is 0 Å². The summed E-state index contributed by atoms with van der Waals surface area (Å²) in [5, 5.41) is 6.53. The molecule has 1 aromatic heterocycles. The zero-order chi connectivity index (χ0) is 13.0. The molecule has 2 saturated carbocycles. The summed E-state index contributed by atoms with van der Waals surface area (Å²) in [6.45, 7) is 0.975. The molecule has 0 spiro atoms. The van der Waals surface area contributed by atoms with Gasteiger partial charge < -0.3 is 5.32 Å². The van der Waals surface area contributed by atoms with Crippen LogP contribution < -0.4 is 5.32 Å². The minimum atomic E-state index is 0.709. The molecule has 0 saturated heterocycles. The Morgan fingerprint density at radius 2 is 1.84 bits per heavy atom. The number of hydrogen-bond acceptors (Lipinski definition) is 2. The number of rotatable bonds is 4. The average molecular weight is 312 g/mol. The lowest BCUT2D eigenvalue weighted by molar-refractivity contribution is 0.691. The Kier molecular flexibility index (Phi) is 3.03. The first-order chi connectivity index (χ1) is 9.24. The summed E-state index contributed by atoms with van der Waals surface area (Å²) in [5.41, 5.74) is 1.47. The molecule has 2 aromatic rings. The number of nitrogens with one attached hydrogen (secondary N) is 1. The lowest BCUT2D eigenvalue weighted by Crippen LogP contribution is -2.15. The van der Waals surface area contributed by atoms with Crippen molar-refractivity contribution in [3.05, 3.63) is 32.6 Å². The predicted octanol–water partition coefficient (Wildman–Crippen LogP) is 5.34. The Balaban J connectivity index is 1.83. The van der Waals surface area contributed by atoms with Crippen LogP contribution in [0.4, 0.5) is 0 Å². The molecule has 2 aliphatic rings. The van der Waals surface area contributed by atoms with E-state index in [-0.39, 0.29) is 0 Å². The summed E-state index contributed by atoms with van der Waals surface area (Å²) < 4.78 is 1.17. The Morgan fingerprint density at radius 3 is 2.53 bits per heavy atom. The van der Waals surface area contributed by atoms with Crippen molar-refractivity contribution in [2.24, 2.45) is 0 Å². The van der Waals surface area contributed by atoms with E-state index in [4.69, 9.17) is 23.2 Å². The second kappa shape index (κ2) is 4.63. The number of fused-ring (bicyclic) bond motifs is 1. The van der Waals surface area contributed by atoms with Crippen molar-refractivity contribution in [2.75, 3.05) is 0 Å². The fourth-order valence-electron chi connectivity index (χ4n) is 2.66. The van der Waals surface area contributed by atoms with Crippen molar-refractivity contribution < 1.29 is 0 Å². The normalized spacial score (nSPS) is 19.3. The Morgan fingerprint density at radius 1 is 1.11 bits per heavy atom. The quantitative estimate of drug-likeness (QED) is 0.804. The van der Waals surface area contributed by atoms with Crippen molar-refractivity contribution in [1.82, 2.24) is 5.32 Å². The van der Waals surface area contributed by atoms with E-state index in [1.54, 1.807) is 0 Å². The maximum atomic E-state index is 6.42. The van der Waals surface area contributed by atoms with Crippen LogP contribution in [-0.2, 0) is 6.54 Å². The van der Waals surface area contributed by atoms with Gasteiger partial charge in [-0.3, -0.25) is 0 Å². The standard InChI is InChI=1S/C15H15Cl2NS/c16-10-5-6-11(17)15-14(10)13(8-1-2-8)12(19-15)7-18-9-3-4-9/h5-6,8-9,18H,1-4,7H2. The first-order valence-electron chi connectivity index (χ1n) is 6.86. The highest BCUT2D eigenvalue weighted by Crippen LogP contribution is 2.51. The predicted molar refractivity (Wildman–Crippen MR) is 83.7 cm³/mol. The van der Waals surface area contributed by atoms with Gasteiger partial charge in [-0.2, -0.15) is 0 Å². The van der Waals surface area contributed by atoms with Gasteiger partial charge in [0.15, 0.2) is 0 Å². The van der Waals surface area contributed by atoms with Crippen molar-refractivity contribution in [3.8, 4) is 0 Å². The lowest BCUT2D eigenvalue weighted by atomic mass is 10.1. The van der Waals surface area contributed by atoms with Gasteiger partial charge in [0, 0.05) is 27.9 Å². The van der Waals surface area contributed by atoms with E-state index in [9.17, 15) is 0 Å². The molecule has 4 heteroatoms. The van der Waals surface area contributed by atoms with Crippen molar-refractivity contribution in [3.63, 3.8) is 0 Å². The molecule has 0 amide bonds. The first-order valence-corrected chi connectivity index (χ1v) is 8.44. The van der Waals surface area contributed by atoms with Crippen LogP contribution >= 0.6 is 34.5 Å². The number of thiophene rings is 1. The van der Waals surface area contributed by atoms with E-state index in [0.717, 1.165) is 22.6 Å². The highest BCUT2D eigenvalue weighted by atomic mass is 35.5. The highest BCUT2D eigenvalue weighted by molar-refractivity contribution is 7.20. The highest BCUT2D eigenvalue weighted by Gasteiger charge is 2.31. The van der Waals surface area contributed by atoms with Crippen molar-refractivity contribution in [2.45, 2.75) is 44.2 Å². The molecule has 1 heterocycles. The monoisotopic (exact) mass is 311 g/mol. The molecule has 0 atom stereocenters. The van der Waals surface area contributed by atoms with Crippen LogP contribution in [0.1, 0.15) is 42.0 Å². The van der Waals surface area contributed by atoms with Gasteiger partial charge >= 0.3 is 0 Å². The smallest absolute Gasteiger partial charge is 0.0585 e. The fraction of sp³-hybridized carbons (Fsp3) is 0.467. The maximum absolute atomic E-state index is 6.42. The zero-order valence-corrected chi connectivity index (χ0v) is 12.8. The van der Waals surface area contributed by atoms with E-state index >= 15 is 0 Å². The van der Waals surface area contributed by atoms with Gasteiger partial charge in [0.25, 0.3) is 0 Å². The summed E-state index contributed by atoms with van der Waals surface area (Å²) in [6, 6.07) is 4.59. The van der Waals surface area contributed by atoms with E-state index in [2.05, 4.69) is 5.32 Å². The SMILES string of the molecule is Clc1ccc(Cl)c2c(C3CC3)c(CNC3CC3)sc12. The molecule has 100 valence electrons. The van der Waals surface area contributed by atoms with Crippen LogP contribution in [0, 0.1) is 0 Å². The van der Waals surface area contributed by atoms with Gasteiger partial charge in [-0.05, 0) is 49.3 Å². The largest absolute Gasteiger partial charge is 0.309 e. The molecular weight excluding hydrogens is 297 g/mol. The van der Waals surface area contributed by atoms with Gasteiger partial charge in [-0.15, -0.1) is 11.3 Å². The van der Waals surface area contributed by atoms with Crippen LogP contribution in [0.3, 0.4) is 0 Å². The lowest BCUT2D eigenvalue weighted by Gasteiger charge is -2.05. The van der Waals surface area contributed by atoms with Crippen LogP contribution in [0.5, 0.6) is 0 Å². The zero-order valence-electron chi connectivity index (χ0n) is 10.5. The van der Waals surface area contributed by atoms with E-state index in [1.165, 1.54) is 46.2 Å². The van der Waals surface area contributed by atoms with Crippen LogP contribution in [-0.4, -0.2) is 6.04 Å². The molecule has 0 radical (unpaired) electrons. The maximum Gasteiger partial charge on any atom is 0.0585 e. The second-order valence-corrected chi connectivity index (χ2v) is 7.52. The number of benzene rings is 1. The molecule has 19 heavy (non-hydrogen) atoms. The Bertz CT molecular complexity index is 641. The Labute approximate surface area is 126 Å². The van der Waals surface area contributed by atoms with Crippen LogP contribution in [0.15, 0.2) is 12.1 Å². The second-order valence-electron chi connectivity index (χ2n) is 5.60. The van der Waals surface area contributed by atoms with Gasteiger partial charge in [-0.25, -0.2) is 0 Å². The minimum absolute atomic E-state index is 0.709. The third-order valence-electron chi connectivity index (χ3n) is 3.97. The summed E-state index contributed by atoms with van der Waals surface area (Å²) in [5.74, 6) is 0.709. The molecule has 1 aromatic carbocycles. The van der Waals surface area contributed by atoms with Gasteiger partial charge in [-0.1, -0.05) is 23.2 Å². The third-order valence-corrected chi connectivity index (χ3v) is 5.95. The van der Waals surface area contributed by atoms with Crippen LogP contribution in [0.2, 0.25) is 10.0 Å². The summed E-state index contributed by atoms with van der Waals surface area (Å²) in [6.07, 6.45) is 5.24. The van der Waals surface area contributed by atoms with Gasteiger partial charge in [0.1, 0.15) is 0 Å². The van der Waals surface area contributed by atoms with E-state index < -0.39 is 0 Å². The molecular formula is C15H15Cl2NS. The summed E-state index contributed by atoms with van der Waals surface area (Å²) in [4.78, 5) is 1.44. The molecule has 1 N–H and O–H groups in total. The molecule has 2 fully saturated rings. The average Bonchev–Trinajstić information content (AvgIpc) is 3.30. The van der Waals surface area contributed by atoms with E-state index in [1.807, 2.05) is 23.5 Å². The molecule has 1 nitrogen and oxygen atoms in total. The van der Waals surface area contributed by atoms with Gasteiger partial charge in [0.2, 0.25) is 0 Å².